The van der Waals surface area contributed by atoms with E-state index in [2.05, 4.69) is 4.74 Å². The van der Waals surface area contributed by atoms with Crippen molar-refractivity contribution < 1.29 is 73.9 Å². The maximum atomic E-state index is 12.4. The molecular formula is C8H13BF3KO2. The predicted molar refractivity (Wildman–Crippen MR) is 46.7 cm³/mol. The molecule has 3 unspecified atom stereocenters. The molecule has 0 aromatic rings. The number of carbonyl (C=O) groups is 1. The molecule has 1 aliphatic rings. The fourth-order valence-corrected chi connectivity index (χ4v) is 2.01. The number of halogens is 3. The van der Waals surface area contributed by atoms with Crippen molar-refractivity contribution in [1.82, 2.24) is 0 Å². The van der Waals surface area contributed by atoms with Gasteiger partial charge in [0.25, 0.3) is 0 Å². The van der Waals surface area contributed by atoms with Gasteiger partial charge in [0, 0.05) is 5.92 Å². The summed E-state index contributed by atoms with van der Waals surface area (Å²) in [5.41, 5.74) is 0. The molecule has 1 aliphatic carbocycles. The minimum Gasteiger partial charge on any atom is -0.466 e. The molecule has 0 aliphatic heterocycles. The van der Waals surface area contributed by atoms with E-state index >= 15 is 0 Å². The molecule has 0 radical (unpaired) electrons. The van der Waals surface area contributed by atoms with E-state index in [4.69, 9.17) is 0 Å². The summed E-state index contributed by atoms with van der Waals surface area (Å²) < 4.78 is 41.7. The maximum Gasteiger partial charge on any atom is 1.00 e. The Morgan fingerprint density at radius 1 is 1.33 bits per heavy atom. The van der Waals surface area contributed by atoms with Gasteiger partial charge < -0.3 is 17.7 Å². The summed E-state index contributed by atoms with van der Waals surface area (Å²) in [5, 5.41) is 0. The van der Waals surface area contributed by atoms with Crippen LogP contribution < -0.4 is 51.4 Å². The maximum absolute atomic E-state index is 12.4. The molecule has 3 atom stereocenters. The first-order valence-electron chi connectivity index (χ1n) is 4.80. The number of ether oxygens (including phenoxy) is 1. The molecule has 0 aromatic carbocycles. The van der Waals surface area contributed by atoms with Gasteiger partial charge in [-0.05, 0) is 6.92 Å². The van der Waals surface area contributed by atoms with Crippen molar-refractivity contribution in [2.75, 3.05) is 6.61 Å². The van der Waals surface area contributed by atoms with Gasteiger partial charge in [-0.25, -0.2) is 0 Å². The predicted octanol–water partition coefficient (Wildman–Crippen LogP) is -0.573. The van der Waals surface area contributed by atoms with E-state index in [1.54, 1.807) is 13.8 Å². The molecule has 0 heterocycles. The quantitative estimate of drug-likeness (QED) is 0.492. The van der Waals surface area contributed by atoms with Crippen molar-refractivity contribution in [3.05, 3.63) is 0 Å². The first-order chi connectivity index (χ1) is 6.43. The van der Waals surface area contributed by atoms with Gasteiger partial charge in [-0.1, -0.05) is 25.1 Å². The second-order valence-electron chi connectivity index (χ2n) is 3.55. The van der Waals surface area contributed by atoms with E-state index in [0.29, 0.717) is 6.42 Å². The van der Waals surface area contributed by atoms with Crippen LogP contribution in [0.5, 0.6) is 0 Å². The topological polar surface area (TPSA) is 26.3 Å². The Morgan fingerprint density at radius 2 is 1.87 bits per heavy atom. The molecule has 0 bridgehead atoms. The second kappa shape index (κ2) is 6.05. The Hall–Kier alpha value is 0.961. The zero-order valence-electron chi connectivity index (χ0n) is 9.17. The zero-order valence-corrected chi connectivity index (χ0v) is 12.3. The van der Waals surface area contributed by atoms with Crippen molar-refractivity contribution in [2.45, 2.75) is 26.1 Å². The number of hydrogen-bond acceptors (Lipinski definition) is 2. The SMILES string of the molecule is CCOC(=O)C1C(CC)C1[B-](F)(F)F.[K+]. The smallest absolute Gasteiger partial charge is 0.466 e. The molecule has 0 N–H and O–H groups in total. The Bertz CT molecular complexity index is 234. The van der Waals surface area contributed by atoms with Gasteiger partial charge in [-0.3, -0.25) is 4.79 Å². The van der Waals surface area contributed by atoms with E-state index < -0.39 is 30.6 Å². The third kappa shape index (κ3) is 3.73. The van der Waals surface area contributed by atoms with Gasteiger partial charge >= 0.3 is 64.3 Å². The standard InChI is InChI=1S/C8H13BF3O2.K/c1-3-5-6(8(13)14-4-2)7(5)9(10,11)12;/h5-7H,3-4H2,1-2H3;/q-1;+1. The minimum atomic E-state index is -4.89. The van der Waals surface area contributed by atoms with Gasteiger partial charge in [0.15, 0.2) is 0 Å². The van der Waals surface area contributed by atoms with E-state index in [0.717, 1.165) is 0 Å². The summed E-state index contributed by atoms with van der Waals surface area (Å²) in [6.45, 7) is -1.49. The monoisotopic (exact) mass is 248 g/mol. The average molecular weight is 248 g/mol. The van der Waals surface area contributed by atoms with Crippen LogP contribution in [-0.4, -0.2) is 19.6 Å². The van der Waals surface area contributed by atoms with Crippen LogP contribution in [-0.2, 0) is 9.53 Å². The summed E-state index contributed by atoms with van der Waals surface area (Å²) in [6.07, 6.45) is 0.384. The molecule has 1 fully saturated rings. The van der Waals surface area contributed by atoms with Crippen LogP contribution in [0.2, 0.25) is 5.82 Å². The van der Waals surface area contributed by atoms with Crippen LogP contribution in [0.25, 0.3) is 0 Å². The summed E-state index contributed by atoms with van der Waals surface area (Å²) in [5.74, 6) is -3.59. The van der Waals surface area contributed by atoms with Crippen LogP contribution in [0.3, 0.4) is 0 Å². The Kier molecular flexibility index (Phi) is 6.43. The summed E-state index contributed by atoms with van der Waals surface area (Å²) >= 11 is 0. The van der Waals surface area contributed by atoms with Gasteiger partial charge in [0.1, 0.15) is 0 Å². The largest absolute Gasteiger partial charge is 1.00 e. The number of hydrogen-bond donors (Lipinski definition) is 0. The van der Waals surface area contributed by atoms with Gasteiger partial charge in [-0.15, -0.1) is 0 Å². The molecule has 82 valence electrons. The third-order valence-electron chi connectivity index (χ3n) is 2.70. The molecule has 0 saturated heterocycles. The Balaban J connectivity index is 0.00000196. The molecule has 1 rings (SSSR count). The average Bonchev–Trinajstić information content (AvgIpc) is 2.77. The molecular weight excluding hydrogens is 235 g/mol. The molecule has 15 heavy (non-hydrogen) atoms. The van der Waals surface area contributed by atoms with Crippen molar-refractivity contribution in [1.29, 1.82) is 0 Å². The molecule has 1 saturated carbocycles. The van der Waals surface area contributed by atoms with Crippen LogP contribution in [0.4, 0.5) is 12.9 Å². The fourth-order valence-electron chi connectivity index (χ4n) is 2.01. The molecule has 0 spiro atoms. The van der Waals surface area contributed by atoms with E-state index in [1.807, 2.05) is 0 Å². The number of rotatable bonds is 4. The van der Waals surface area contributed by atoms with E-state index in [1.165, 1.54) is 0 Å². The number of carbonyl (C=O) groups excluding carboxylic acids is 1. The van der Waals surface area contributed by atoms with Crippen LogP contribution in [0, 0.1) is 11.8 Å². The van der Waals surface area contributed by atoms with Crippen LogP contribution >= 0.6 is 0 Å². The molecule has 0 aromatic heterocycles. The number of esters is 1. The minimum absolute atomic E-state index is 0. The van der Waals surface area contributed by atoms with Crippen LogP contribution in [0.15, 0.2) is 0 Å². The van der Waals surface area contributed by atoms with E-state index in [-0.39, 0.29) is 58.0 Å². The van der Waals surface area contributed by atoms with Gasteiger partial charge in [0.05, 0.1) is 6.61 Å². The normalized spacial score (nSPS) is 29.3. The second-order valence-corrected chi connectivity index (χ2v) is 3.55. The summed E-state index contributed by atoms with van der Waals surface area (Å²) in [4.78, 5) is 11.1. The Labute approximate surface area is 130 Å². The van der Waals surface area contributed by atoms with Gasteiger partial charge in [-0.2, -0.15) is 0 Å². The fraction of sp³-hybridized carbons (Fsp3) is 0.875. The first-order valence-corrected chi connectivity index (χ1v) is 4.80. The third-order valence-corrected chi connectivity index (χ3v) is 2.70. The van der Waals surface area contributed by atoms with Crippen molar-refractivity contribution in [3.8, 4) is 0 Å². The molecule has 0 amide bonds. The molecule has 7 heteroatoms. The van der Waals surface area contributed by atoms with E-state index in [9.17, 15) is 17.7 Å². The van der Waals surface area contributed by atoms with Crippen molar-refractivity contribution in [3.63, 3.8) is 0 Å². The Morgan fingerprint density at radius 3 is 2.13 bits per heavy atom. The van der Waals surface area contributed by atoms with Crippen molar-refractivity contribution in [2.24, 2.45) is 11.8 Å². The van der Waals surface area contributed by atoms with Crippen LogP contribution in [0.1, 0.15) is 20.3 Å². The van der Waals surface area contributed by atoms with Crippen molar-refractivity contribution >= 4 is 12.9 Å². The summed E-state index contributed by atoms with van der Waals surface area (Å²) in [7, 11) is 0. The first kappa shape index (κ1) is 16.0. The van der Waals surface area contributed by atoms with Gasteiger partial charge in [0.2, 0.25) is 0 Å². The summed E-state index contributed by atoms with van der Waals surface area (Å²) in [6, 6.07) is 0. The molecule has 2 nitrogen and oxygen atoms in total. The zero-order chi connectivity index (χ0) is 10.9.